The average molecular weight is 494 g/mol. The van der Waals surface area contributed by atoms with Gasteiger partial charge in [-0.05, 0) is 42.0 Å². The van der Waals surface area contributed by atoms with Crippen LogP contribution in [0.5, 0.6) is 0 Å². The van der Waals surface area contributed by atoms with Gasteiger partial charge in [-0.2, -0.15) is 0 Å². The number of halogens is 2. The summed E-state index contributed by atoms with van der Waals surface area (Å²) >= 11 is 12.2. The topological polar surface area (TPSA) is 84.6 Å². The van der Waals surface area contributed by atoms with Crippen LogP contribution in [0.2, 0.25) is 10.0 Å². The molecule has 0 aliphatic carbocycles. The first-order valence-corrected chi connectivity index (χ1v) is 11.1. The van der Waals surface area contributed by atoms with Crippen LogP contribution in [-0.4, -0.2) is 27.3 Å². The number of nitrogens with zero attached hydrogens (tertiary/aromatic N) is 2. The number of rotatable bonds is 5. The van der Waals surface area contributed by atoms with Gasteiger partial charge in [-0.15, -0.1) is 0 Å². The Kier molecular flexibility index (Phi) is 5.73. The molecule has 3 heterocycles. The third-order valence-electron chi connectivity index (χ3n) is 5.54. The molecule has 4 amide bonds. The molecule has 7 nitrogen and oxygen atoms in total. The highest BCUT2D eigenvalue weighted by Crippen LogP contribution is 2.28. The fraction of sp³-hybridized carbons (Fsp3) is 0.0800. The number of nitrogens with one attached hydrogen (secondary N) is 1. The van der Waals surface area contributed by atoms with Crippen molar-refractivity contribution in [3.05, 3.63) is 99.6 Å². The van der Waals surface area contributed by atoms with Crippen molar-refractivity contribution in [2.75, 3.05) is 0 Å². The van der Waals surface area contributed by atoms with Gasteiger partial charge >= 0.3 is 6.03 Å². The van der Waals surface area contributed by atoms with E-state index in [4.69, 9.17) is 27.6 Å². The number of carbonyl (C=O) groups is 3. The van der Waals surface area contributed by atoms with Gasteiger partial charge in [0.2, 0.25) is 0 Å². The largest absolute Gasteiger partial charge is 0.467 e. The highest BCUT2D eigenvalue weighted by atomic mass is 35.5. The van der Waals surface area contributed by atoms with Gasteiger partial charge in [0.15, 0.2) is 0 Å². The lowest BCUT2D eigenvalue weighted by molar-refractivity contribution is -0.130. The van der Waals surface area contributed by atoms with Gasteiger partial charge in [0.1, 0.15) is 11.3 Å². The van der Waals surface area contributed by atoms with Crippen molar-refractivity contribution >= 4 is 58.0 Å². The third kappa shape index (κ3) is 4.11. The van der Waals surface area contributed by atoms with E-state index in [0.717, 1.165) is 21.4 Å². The molecule has 4 aromatic rings. The minimum Gasteiger partial charge on any atom is -0.467 e. The van der Waals surface area contributed by atoms with Crippen LogP contribution in [0.4, 0.5) is 4.79 Å². The Hall–Kier alpha value is -3.81. The van der Waals surface area contributed by atoms with Gasteiger partial charge in [0, 0.05) is 29.2 Å². The van der Waals surface area contributed by atoms with E-state index in [0.29, 0.717) is 27.9 Å². The predicted molar refractivity (Wildman–Crippen MR) is 128 cm³/mol. The maximum atomic E-state index is 13.1. The molecule has 170 valence electrons. The number of aromatic nitrogens is 1. The number of para-hydroxylation sites is 1. The molecular weight excluding hydrogens is 477 g/mol. The van der Waals surface area contributed by atoms with Crippen LogP contribution in [0.25, 0.3) is 17.0 Å². The lowest BCUT2D eigenvalue weighted by Gasteiger charge is -2.25. The van der Waals surface area contributed by atoms with Crippen molar-refractivity contribution in [2.24, 2.45) is 0 Å². The number of hydrogen-bond donors (Lipinski definition) is 1. The number of benzene rings is 2. The van der Waals surface area contributed by atoms with Crippen LogP contribution in [0, 0.1) is 0 Å². The van der Waals surface area contributed by atoms with E-state index in [9.17, 15) is 14.4 Å². The lowest BCUT2D eigenvalue weighted by atomic mass is 10.1. The van der Waals surface area contributed by atoms with E-state index in [1.54, 1.807) is 24.3 Å². The number of imide groups is 2. The molecular formula is C25H17Cl2N3O4. The maximum absolute atomic E-state index is 13.1. The van der Waals surface area contributed by atoms with E-state index < -0.39 is 17.8 Å². The fourth-order valence-corrected chi connectivity index (χ4v) is 4.23. The minimum absolute atomic E-state index is 0.0820. The van der Waals surface area contributed by atoms with E-state index in [2.05, 4.69) is 5.32 Å². The first kappa shape index (κ1) is 22.0. The predicted octanol–water partition coefficient (Wildman–Crippen LogP) is 5.25. The molecule has 0 unspecified atom stereocenters. The van der Waals surface area contributed by atoms with E-state index >= 15 is 0 Å². The highest BCUT2D eigenvalue weighted by molar-refractivity contribution is 6.42. The van der Waals surface area contributed by atoms with Gasteiger partial charge in [0.25, 0.3) is 11.8 Å². The molecule has 0 saturated carbocycles. The Morgan fingerprint density at radius 3 is 2.53 bits per heavy atom. The Balaban J connectivity index is 1.52. The number of furan rings is 1. The lowest BCUT2D eigenvalue weighted by Crippen LogP contribution is -2.53. The zero-order chi connectivity index (χ0) is 23.8. The van der Waals surface area contributed by atoms with Crippen LogP contribution < -0.4 is 5.32 Å². The molecule has 0 radical (unpaired) electrons. The third-order valence-corrected chi connectivity index (χ3v) is 6.28. The van der Waals surface area contributed by atoms with Crippen molar-refractivity contribution in [1.29, 1.82) is 0 Å². The Morgan fingerprint density at radius 2 is 1.76 bits per heavy atom. The normalized spacial score (nSPS) is 15.4. The number of barbiturate groups is 1. The van der Waals surface area contributed by atoms with Crippen LogP contribution in [-0.2, 0) is 22.7 Å². The number of fused-ring (bicyclic) bond motifs is 1. The van der Waals surface area contributed by atoms with E-state index in [1.165, 1.54) is 12.3 Å². The fourth-order valence-electron chi connectivity index (χ4n) is 3.91. The summed E-state index contributed by atoms with van der Waals surface area (Å²) in [6.07, 6.45) is 4.81. The standard InChI is InChI=1S/C25H17Cl2N3O4/c26-20-8-7-15(10-21(20)27)12-29-13-16(18-5-1-2-6-22(18)29)11-19-23(31)28-25(33)30(24(19)32)14-17-4-3-9-34-17/h1-11,13H,12,14H2,(H,28,31,33)/b19-11-. The Morgan fingerprint density at radius 1 is 0.941 bits per heavy atom. The number of carbonyl (C=O) groups excluding carboxylic acids is 3. The second-order valence-corrected chi connectivity index (χ2v) is 8.58. The molecule has 1 aliphatic heterocycles. The summed E-state index contributed by atoms with van der Waals surface area (Å²) in [7, 11) is 0. The second-order valence-electron chi connectivity index (χ2n) is 7.77. The van der Waals surface area contributed by atoms with Gasteiger partial charge < -0.3 is 8.98 Å². The van der Waals surface area contributed by atoms with Crippen molar-refractivity contribution in [1.82, 2.24) is 14.8 Å². The summed E-state index contributed by atoms with van der Waals surface area (Å²) < 4.78 is 7.25. The SMILES string of the molecule is O=C1NC(=O)N(Cc2ccco2)C(=O)/C1=C\c1cn(Cc2ccc(Cl)c(Cl)c2)c2ccccc12. The Labute approximate surface area is 204 Å². The molecule has 1 N–H and O–H groups in total. The summed E-state index contributed by atoms with van der Waals surface area (Å²) in [4.78, 5) is 38.9. The van der Waals surface area contributed by atoms with Gasteiger partial charge in [0.05, 0.1) is 22.9 Å². The van der Waals surface area contributed by atoms with Gasteiger partial charge in [-0.3, -0.25) is 19.8 Å². The number of hydrogen-bond acceptors (Lipinski definition) is 4. The van der Waals surface area contributed by atoms with Crippen molar-refractivity contribution in [2.45, 2.75) is 13.1 Å². The molecule has 0 spiro atoms. The molecule has 0 atom stereocenters. The van der Waals surface area contributed by atoms with Gasteiger partial charge in [-0.25, -0.2) is 4.79 Å². The molecule has 1 saturated heterocycles. The molecule has 2 aromatic heterocycles. The summed E-state index contributed by atoms with van der Waals surface area (Å²) in [6, 6.07) is 15.6. The summed E-state index contributed by atoms with van der Waals surface area (Å²) in [5, 5.41) is 4.02. The van der Waals surface area contributed by atoms with Crippen molar-refractivity contribution in [3.8, 4) is 0 Å². The zero-order valence-corrected chi connectivity index (χ0v) is 19.1. The second kappa shape index (κ2) is 8.85. The van der Waals surface area contributed by atoms with Crippen molar-refractivity contribution < 1.29 is 18.8 Å². The molecule has 1 aliphatic rings. The molecule has 2 aromatic carbocycles. The Bertz CT molecular complexity index is 1470. The molecule has 9 heteroatoms. The smallest absolute Gasteiger partial charge is 0.331 e. The van der Waals surface area contributed by atoms with E-state index in [1.807, 2.05) is 41.1 Å². The van der Waals surface area contributed by atoms with Gasteiger partial charge in [-0.1, -0.05) is 47.5 Å². The molecule has 1 fully saturated rings. The molecule has 5 rings (SSSR count). The minimum atomic E-state index is -0.786. The van der Waals surface area contributed by atoms with E-state index in [-0.39, 0.29) is 12.1 Å². The molecule has 34 heavy (non-hydrogen) atoms. The first-order valence-electron chi connectivity index (χ1n) is 10.3. The van der Waals surface area contributed by atoms with Crippen LogP contribution in [0.1, 0.15) is 16.9 Å². The first-order chi connectivity index (χ1) is 16.4. The summed E-state index contributed by atoms with van der Waals surface area (Å²) in [5.41, 5.74) is 2.38. The number of urea groups is 1. The van der Waals surface area contributed by atoms with Crippen molar-refractivity contribution in [3.63, 3.8) is 0 Å². The monoisotopic (exact) mass is 493 g/mol. The van der Waals surface area contributed by atoms with Crippen LogP contribution in [0.3, 0.4) is 0 Å². The number of amides is 4. The van der Waals surface area contributed by atoms with Crippen LogP contribution >= 0.6 is 23.2 Å². The highest BCUT2D eigenvalue weighted by Gasteiger charge is 2.36. The molecule has 0 bridgehead atoms. The maximum Gasteiger partial charge on any atom is 0.331 e. The summed E-state index contributed by atoms with van der Waals surface area (Å²) in [6.45, 7) is 0.422. The quantitative estimate of drug-likeness (QED) is 0.303. The summed E-state index contributed by atoms with van der Waals surface area (Å²) in [5.74, 6) is -1.01. The average Bonchev–Trinajstić information content (AvgIpc) is 3.45. The zero-order valence-electron chi connectivity index (χ0n) is 17.6. The van der Waals surface area contributed by atoms with Crippen LogP contribution in [0.15, 0.2) is 77.0 Å².